The molecule has 0 radical (unpaired) electrons. The molecule has 0 spiro atoms. The Hall–Kier alpha value is -11.8. The highest BCUT2D eigenvalue weighted by Gasteiger charge is 2.36. The molecular formula is C84H97N19O15. The van der Waals surface area contributed by atoms with E-state index in [9.17, 15) is 58.9 Å². The number of urea groups is 3. The van der Waals surface area contributed by atoms with Crippen molar-refractivity contribution in [1.29, 1.82) is 15.8 Å². The number of pyridine rings is 6. The number of carbonyl (C=O) groups excluding carboxylic acids is 9. The van der Waals surface area contributed by atoms with Gasteiger partial charge in [0, 0.05) is 168 Å². The first kappa shape index (κ1) is 84.1. The first-order valence-electron chi connectivity index (χ1n) is 40.3. The number of rotatable bonds is 21. The smallest absolute Gasteiger partial charge is 0.328 e. The molecule has 34 heteroatoms. The van der Waals surface area contributed by atoms with Crippen LogP contribution in [0.4, 0.5) is 55.0 Å². The summed E-state index contributed by atoms with van der Waals surface area (Å²) in [5, 5.41) is 37.1. The van der Waals surface area contributed by atoms with Gasteiger partial charge in [0.05, 0.1) is 28.5 Å². The van der Waals surface area contributed by atoms with Crippen molar-refractivity contribution in [2.24, 2.45) is 11.8 Å². The van der Waals surface area contributed by atoms with Crippen LogP contribution in [-0.4, -0.2) is 231 Å². The minimum absolute atomic E-state index is 0.0829. The predicted octanol–water partition coefficient (Wildman–Crippen LogP) is 8.23. The summed E-state index contributed by atoms with van der Waals surface area (Å²) in [6.45, 7) is 7.83. The fourth-order valence-corrected chi connectivity index (χ4v) is 16.3. The second kappa shape index (κ2) is 39.4. The second-order valence-corrected chi connectivity index (χ2v) is 30.9. The van der Waals surface area contributed by atoms with E-state index in [0.717, 1.165) is 85.7 Å². The highest BCUT2D eigenvalue weighted by atomic mass is 16.5. The van der Waals surface area contributed by atoms with Crippen molar-refractivity contribution in [3.05, 3.63) is 133 Å². The van der Waals surface area contributed by atoms with Gasteiger partial charge in [-0.2, -0.15) is 15.8 Å². The van der Waals surface area contributed by atoms with Crippen molar-refractivity contribution in [3.8, 4) is 18.2 Å². The SMILES string of the molecule is CN(Cc1cc2c(nc1C=O)N(C(=O)Nc1cc(C[C@@H]3CCOC3)c(C#N)cn1)CCC2)C(=O)[C@H]1CCCO1.CN(Cc1cc2c(nc1C=O)N(C(=O)Nc1cc(C[C@H]3CCOC3)c(C#N)cn1)CCC2)C(=O)[C@H]1CCCO1.CO[C@@H]1CCN(c2cc(NC(=O)N3CCCc4cc(CN(C)C(=O)[C@H]5CCCO5)c(C=O)nc43)ncc2C#N)C1. The third kappa shape index (κ3) is 20.0. The van der Waals surface area contributed by atoms with Crippen molar-refractivity contribution in [2.45, 2.75) is 153 Å². The summed E-state index contributed by atoms with van der Waals surface area (Å²) in [5.74, 6) is 2.60. The van der Waals surface area contributed by atoms with Crippen molar-refractivity contribution in [2.75, 3.05) is 143 Å². The average Bonchev–Trinajstić information content (AvgIpc) is 1.38. The molecule has 0 bridgehead atoms. The highest BCUT2D eigenvalue weighted by molar-refractivity contribution is 6.04. The van der Waals surface area contributed by atoms with Gasteiger partial charge in [0.2, 0.25) is 0 Å². The van der Waals surface area contributed by atoms with E-state index < -0.39 is 36.4 Å². The number of aldehydes is 3. The Morgan fingerprint density at radius 3 is 1.15 bits per heavy atom. The predicted molar refractivity (Wildman–Crippen MR) is 429 cm³/mol. The molecule has 3 N–H and O–H groups in total. The van der Waals surface area contributed by atoms with Crippen LogP contribution in [0.1, 0.15) is 170 Å². The zero-order valence-corrected chi connectivity index (χ0v) is 66.8. The van der Waals surface area contributed by atoms with Crippen LogP contribution < -0.4 is 35.6 Å². The summed E-state index contributed by atoms with van der Waals surface area (Å²) in [7, 11) is 6.74. The van der Waals surface area contributed by atoms with E-state index in [1.54, 1.807) is 61.2 Å². The first-order chi connectivity index (χ1) is 57.3. The minimum Gasteiger partial charge on any atom is -0.381 e. The molecule has 34 nitrogen and oxygen atoms in total. The van der Waals surface area contributed by atoms with Crippen LogP contribution >= 0.6 is 0 Å². The van der Waals surface area contributed by atoms with Gasteiger partial charge in [-0.05, 0) is 179 Å². The summed E-state index contributed by atoms with van der Waals surface area (Å²) >= 11 is 0. The van der Waals surface area contributed by atoms with Gasteiger partial charge in [0.25, 0.3) is 17.7 Å². The summed E-state index contributed by atoms with van der Waals surface area (Å²) in [6, 6.07) is 16.1. The molecule has 118 heavy (non-hydrogen) atoms. The zero-order valence-electron chi connectivity index (χ0n) is 66.8. The number of methoxy groups -OCH3 is 1. The molecule has 6 aromatic rings. The largest absolute Gasteiger partial charge is 0.381 e. The first-order valence-corrected chi connectivity index (χ1v) is 40.3. The molecule has 618 valence electrons. The highest BCUT2D eigenvalue weighted by Crippen LogP contribution is 2.35. The molecule has 0 unspecified atom stereocenters. The summed E-state index contributed by atoms with van der Waals surface area (Å²) < 4.78 is 32.9. The number of hydrogen-bond donors (Lipinski definition) is 3. The molecule has 0 aliphatic carbocycles. The summed E-state index contributed by atoms with van der Waals surface area (Å²) in [4.78, 5) is 152. The quantitative estimate of drug-likeness (QED) is 0.0571. The van der Waals surface area contributed by atoms with Crippen molar-refractivity contribution < 1.29 is 71.6 Å². The van der Waals surface area contributed by atoms with Crippen molar-refractivity contribution in [1.82, 2.24) is 44.6 Å². The van der Waals surface area contributed by atoms with E-state index in [1.807, 2.05) is 18.2 Å². The number of fused-ring (bicyclic) bond motifs is 3. The van der Waals surface area contributed by atoms with Gasteiger partial charge in [-0.25, -0.2) is 44.3 Å². The van der Waals surface area contributed by atoms with E-state index in [1.165, 1.54) is 33.3 Å². The molecule has 15 rings (SSSR count). The average molecular weight is 1610 g/mol. The van der Waals surface area contributed by atoms with Gasteiger partial charge >= 0.3 is 18.1 Å². The molecule has 9 aliphatic heterocycles. The normalized spacial score (nSPS) is 20.2. The summed E-state index contributed by atoms with van der Waals surface area (Å²) in [5.41, 5.74) is 8.70. The van der Waals surface area contributed by atoms with Crippen molar-refractivity contribution in [3.63, 3.8) is 0 Å². The number of anilines is 7. The van der Waals surface area contributed by atoms with E-state index in [0.29, 0.717) is 235 Å². The molecule has 6 aromatic heterocycles. The number of nitrogens with one attached hydrogen (secondary N) is 3. The van der Waals surface area contributed by atoms with E-state index in [2.05, 4.69) is 69.0 Å². The monoisotopic (exact) mass is 1610 g/mol. The molecule has 0 saturated carbocycles. The molecule has 0 aromatic carbocycles. The molecule has 9 amide bonds. The number of aromatic nitrogens is 6. The van der Waals surface area contributed by atoms with Crippen LogP contribution in [-0.2, 0) is 94.5 Å². The Labute approximate surface area is 683 Å². The third-order valence-corrected chi connectivity index (χ3v) is 22.7. The molecule has 9 aliphatic rings. The minimum atomic E-state index is -0.447. The molecule has 6 fully saturated rings. The molecule has 6 atom stereocenters. The number of carbonyl (C=O) groups is 9. The van der Waals surface area contributed by atoms with Crippen LogP contribution in [0, 0.1) is 45.8 Å². The number of amides is 9. The maximum absolute atomic E-state index is 13.4. The van der Waals surface area contributed by atoms with Crippen molar-refractivity contribution >= 4 is 95.3 Å². The van der Waals surface area contributed by atoms with Gasteiger partial charge < -0.3 is 48.0 Å². The van der Waals surface area contributed by atoms with E-state index >= 15 is 0 Å². The van der Waals surface area contributed by atoms with Crippen LogP contribution in [0.2, 0.25) is 0 Å². The number of likely N-dealkylation sites (N-methyl/N-ethyl adjacent to an activating group) is 3. The van der Waals surface area contributed by atoms with E-state index in [4.69, 9.17) is 28.4 Å². The summed E-state index contributed by atoms with van der Waals surface area (Å²) in [6.07, 6.45) is 18.1. The Morgan fingerprint density at radius 2 is 0.839 bits per heavy atom. The molecule has 6 saturated heterocycles. The number of nitrogens with zero attached hydrogens (tertiary/aromatic N) is 16. The number of nitriles is 3. The van der Waals surface area contributed by atoms with Crippen LogP contribution in [0.3, 0.4) is 0 Å². The van der Waals surface area contributed by atoms with Crippen LogP contribution in [0.25, 0.3) is 0 Å². The fourth-order valence-electron chi connectivity index (χ4n) is 16.3. The maximum Gasteiger partial charge on any atom is 0.328 e. The van der Waals surface area contributed by atoms with Gasteiger partial charge in [-0.15, -0.1) is 0 Å². The molecule has 15 heterocycles. The lowest BCUT2D eigenvalue weighted by molar-refractivity contribution is -0.140. The maximum atomic E-state index is 13.4. The Balaban J connectivity index is 0.000000153. The van der Waals surface area contributed by atoms with Crippen LogP contribution in [0.15, 0.2) is 55.0 Å². The second-order valence-electron chi connectivity index (χ2n) is 30.9. The topological polar surface area (TPSA) is 416 Å². The lowest BCUT2D eigenvalue weighted by Gasteiger charge is -2.30. The lowest BCUT2D eigenvalue weighted by atomic mass is 9.96. The Morgan fingerprint density at radius 1 is 0.475 bits per heavy atom. The van der Waals surface area contributed by atoms with E-state index in [-0.39, 0.29) is 60.5 Å². The molecular weight excluding hydrogens is 1520 g/mol. The van der Waals surface area contributed by atoms with Gasteiger partial charge in [-0.1, -0.05) is 0 Å². The number of ether oxygens (including phenoxy) is 6. The number of aryl methyl sites for hydroxylation is 3. The number of hydrogen-bond acceptors (Lipinski definition) is 25. The van der Waals surface area contributed by atoms with Gasteiger partial charge in [0.1, 0.15) is 88.5 Å². The fraction of sp³-hybridized carbons (Fsp3) is 0.500. The standard InChI is InChI=1S/C28H33N7O5.2C28H32N6O5/c1-33(27(37)24-6-4-10-40-24)15-19-11-18-5-3-8-35(26(18)31-22(19)17-36)28(38)32-25-12-23(20(13-29)14-30-25)34-9-7-21(16-34)39-2;2*1-33(27(36)24-5-3-8-39-24)15-21-11-19-4-2-7-34(26(19)31-23(21)16-35)28(37)32-25-12-20(22(13-29)14-30-25)10-18-6-9-38-17-18/h11-12,14,17,21,24H,3-10,15-16H2,1-2H3,(H,30,32,38);2*11-12,14,16,18,24H,2-10,15,17H2,1H3,(H,30,32,37)/t21-,24-;18-,24+;18-,24-/m101/s1. The van der Waals surface area contributed by atoms with Crippen LogP contribution in [0.5, 0.6) is 0 Å². The van der Waals surface area contributed by atoms with Gasteiger partial charge in [0.15, 0.2) is 18.9 Å². The third-order valence-electron chi connectivity index (χ3n) is 22.7. The lowest BCUT2D eigenvalue weighted by Crippen LogP contribution is -2.40. The Kier molecular flexibility index (Phi) is 28.1. The Bertz CT molecular complexity index is 4680. The van der Waals surface area contributed by atoms with Gasteiger partial charge in [-0.3, -0.25) is 59.4 Å². The zero-order chi connectivity index (χ0) is 82.9.